The van der Waals surface area contributed by atoms with E-state index in [1.54, 1.807) is 6.07 Å². The summed E-state index contributed by atoms with van der Waals surface area (Å²) in [6.45, 7) is 4.86. The van der Waals surface area contributed by atoms with E-state index in [1.807, 2.05) is 31.2 Å². The predicted molar refractivity (Wildman–Crippen MR) is 84.9 cm³/mol. The molecule has 0 bridgehead atoms. The quantitative estimate of drug-likeness (QED) is 0.751. The number of phenolic OH excluding ortho intramolecular Hbond substituents is 1. The van der Waals surface area contributed by atoms with Gasteiger partial charge in [-0.25, -0.2) is 4.98 Å². The molecule has 3 aromatic rings. The summed E-state index contributed by atoms with van der Waals surface area (Å²) in [6.07, 6.45) is 0. The lowest BCUT2D eigenvalue weighted by atomic mass is 10.1. The zero-order chi connectivity index (χ0) is 14.3. The van der Waals surface area contributed by atoms with Gasteiger partial charge in [-0.3, -0.25) is 0 Å². The number of hydrogen-bond donors (Lipinski definition) is 1. The van der Waals surface area contributed by atoms with Crippen molar-refractivity contribution < 1.29 is 5.11 Å². The number of fused-ring (bicyclic) bond motifs is 1. The SMILES string of the molecule is CCn1c(-c2ccc(O)c(C)c2)nc2cc(Br)ccc21. The molecule has 102 valence electrons. The van der Waals surface area contributed by atoms with Crippen LogP contribution in [0.2, 0.25) is 0 Å². The van der Waals surface area contributed by atoms with E-state index in [2.05, 4.69) is 33.5 Å². The lowest BCUT2D eigenvalue weighted by molar-refractivity contribution is 0.471. The van der Waals surface area contributed by atoms with E-state index in [0.717, 1.165) is 39.0 Å². The fourth-order valence-electron chi connectivity index (χ4n) is 2.44. The summed E-state index contributed by atoms with van der Waals surface area (Å²) in [4.78, 5) is 4.74. The Kier molecular flexibility index (Phi) is 3.26. The number of rotatable bonds is 2. The van der Waals surface area contributed by atoms with E-state index < -0.39 is 0 Å². The number of imidazole rings is 1. The first-order valence-electron chi connectivity index (χ1n) is 6.56. The van der Waals surface area contributed by atoms with Gasteiger partial charge in [0.25, 0.3) is 0 Å². The molecule has 0 saturated heterocycles. The number of phenols is 1. The zero-order valence-corrected chi connectivity index (χ0v) is 13.0. The Balaban J connectivity index is 2.26. The highest BCUT2D eigenvalue weighted by atomic mass is 79.9. The van der Waals surface area contributed by atoms with Gasteiger partial charge < -0.3 is 9.67 Å². The van der Waals surface area contributed by atoms with Gasteiger partial charge in [-0.1, -0.05) is 15.9 Å². The van der Waals surface area contributed by atoms with Crippen molar-refractivity contribution in [2.24, 2.45) is 0 Å². The summed E-state index contributed by atoms with van der Waals surface area (Å²) >= 11 is 3.48. The third kappa shape index (κ3) is 2.10. The van der Waals surface area contributed by atoms with Crippen molar-refractivity contribution in [2.45, 2.75) is 20.4 Å². The highest BCUT2D eigenvalue weighted by molar-refractivity contribution is 9.10. The van der Waals surface area contributed by atoms with Crippen molar-refractivity contribution in [3.8, 4) is 17.1 Å². The van der Waals surface area contributed by atoms with E-state index >= 15 is 0 Å². The smallest absolute Gasteiger partial charge is 0.141 e. The second-order valence-corrected chi connectivity index (χ2v) is 5.73. The molecule has 0 aliphatic rings. The highest BCUT2D eigenvalue weighted by Crippen LogP contribution is 2.29. The van der Waals surface area contributed by atoms with Gasteiger partial charge >= 0.3 is 0 Å². The monoisotopic (exact) mass is 330 g/mol. The molecule has 0 atom stereocenters. The Bertz CT molecular complexity index is 793. The summed E-state index contributed by atoms with van der Waals surface area (Å²) in [5.41, 5.74) is 3.98. The molecule has 20 heavy (non-hydrogen) atoms. The van der Waals surface area contributed by atoms with E-state index in [-0.39, 0.29) is 0 Å². The van der Waals surface area contributed by atoms with Crippen LogP contribution in [0.25, 0.3) is 22.4 Å². The highest BCUT2D eigenvalue weighted by Gasteiger charge is 2.12. The molecular formula is C16H15BrN2O. The Hall–Kier alpha value is -1.81. The molecule has 3 rings (SSSR count). The standard InChI is InChI=1S/C16H15BrN2O/c1-3-19-14-6-5-12(17)9-13(14)18-16(19)11-4-7-15(20)10(2)8-11/h4-9,20H,3H2,1-2H3. The van der Waals surface area contributed by atoms with Crippen LogP contribution in [0.3, 0.4) is 0 Å². The third-order valence-electron chi connectivity index (χ3n) is 3.48. The van der Waals surface area contributed by atoms with Gasteiger partial charge in [-0.05, 0) is 55.8 Å². The van der Waals surface area contributed by atoms with Crippen LogP contribution in [0.5, 0.6) is 5.75 Å². The van der Waals surface area contributed by atoms with Crippen LogP contribution in [0.15, 0.2) is 40.9 Å². The van der Waals surface area contributed by atoms with E-state index in [1.165, 1.54) is 0 Å². The molecule has 0 radical (unpaired) electrons. The first-order valence-corrected chi connectivity index (χ1v) is 7.35. The molecule has 0 spiro atoms. The maximum absolute atomic E-state index is 9.66. The average molecular weight is 331 g/mol. The van der Waals surface area contributed by atoms with Gasteiger partial charge in [0.15, 0.2) is 0 Å². The second-order valence-electron chi connectivity index (χ2n) is 4.81. The normalized spacial score (nSPS) is 11.2. The number of benzene rings is 2. The Morgan fingerprint density at radius 3 is 2.70 bits per heavy atom. The molecule has 0 aliphatic carbocycles. The minimum absolute atomic E-state index is 0.315. The molecule has 0 saturated carbocycles. The fraction of sp³-hybridized carbons (Fsp3) is 0.188. The molecule has 0 fully saturated rings. The van der Waals surface area contributed by atoms with Gasteiger partial charge in [0.1, 0.15) is 11.6 Å². The summed E-state index contributed by atoms with van der Waals surface area (Å²) in [5.74, 6) is 1.25. The molecular weight excluding hydrogens is 316 g/mol. The summed E-state index contributed by atoms with van der Waals surface area (Å²) in [6, 6.07) is 11.7. The lowest BCUT2D eigenvalue weighted by Crippen LogP contribution is -1.97. The first kappa shape index (κ1) is 13.2. The van der Waals surface area contributed by atoms with Crippen molar-refractivity contribution in [1.82, 2.24) is 9.55 Å². The maximum atomic E-state index is 9.66. The van der Waals surface area contributed by atoms with Crippen LogP contribution in [-0.2, 0) is 6.54 Å². The molecule has 0 amide bonds. The molecule has 1 heterocycles. The number of aromatic nitrogens is 2. The van der Waals surface area contributed by atoms with Crippen molar-refractivity contribution in [2.75, 3.05) is 0 Å². The van der Waals surface area contributed by atoms with Crippen LogP contribution in [0, 0.1) is 6.92 Å². The molecule has 4 heteroatoms. The molecule has 1 aromatic heterocycles. The maximum Gasteiger partial charge on any atom is 0.141 e. The van der Waals surface area contributed by atoms with Crippen LogP contribution in [0.1, 0.15) is 12.5 Å². The first-order chi connectivity index (χ1) is 9.60. The van der Waals surface area contributed by atoms with Gasteiger partial charge in [-0.2, -0.15) is 0 Å². The van der Waals surface area contributed by atoms with Crippen LogP contribution in [-0.4, -0.2) is 14.7 Å². The van der Waals surface area contributed by atoms with Crippen LogP contribution >= 0.6 is 15.9 Å². The molecule has 1 N–H and O–H groups in total. The van der Waals surface area contributed by atoms with Crippen LogP contribution < -0.4 is 0 Å². The van der Waals surface area contributed by atoms with E-state index in [0.29, 0.717) is 5.75 Å². The largest absolute Gasteiger partial charge is 0.508 e. The minimum atomic E-state index is 0.315. The van der Waals surface area contributed by atoms with Crippen molar-refractivity contribution in [3.05, 3.63) is 46.4 Å². The number of aryl methyl sites for hydroxylation is 2. The minimum Gasteiger partial charge on any atom is -0.508 e. The zero-order valence-electron chi connectivity index (χ0n) is 11.4. The predicted octanol–water partition coefficient (Wildman–Crippen LogP) is 4.50. The summed E-state index contributed by atoms with van der Waals surface area (Å²) in [7, 11) is 0. The Morgan fingerprint density at radius 2 is 2.00 bits per heavy atom. The topological polar surface area (TPSA) is 38.0 Å². The average Bonchev–Trinajstić information content (AvgIpc) is 2.79. The number of halogens is 1. The Morgan fingerprint density at radius 1 is 1.20 bits per heavy atom. The number of aromatic hydroxyl groups is 1. The molecule has 3 nitrogen and oxygen atoms in total. The van der Waals surface area contributed by atoms with Crippen molar-refractivity contribution in [3.63, 3.8) is 0 Å². The number of hydrogen-bond acceptors (Lipinski definition) is 2. The van der Waals surface area contributed by atoms with Gasteiger partial charge in [0, 0.05) is 16.6 Å². The lowest BCUT2D eigenvalue weighted by Gasteiger charge is -2.07. The molecule has 0 aliphatic heterocycles. The summed E-state index contributed by atoms with van der Waals surface area (Å²) in [5, 5.41) is 9.66. The van der Waals surface area contributed by atoms with Gasteiger partial charge in [-0.15, -0.1) is 0 Å². The fourth-order valence-corrected chi connectivity index (χ4v) is 2.79. The summed E-state index contributed by atoms with van der Waals surface area (Å²) < 4.78 is 3.22. The van der Waals surface area contributed by atoms with Crippen molar-refractivity contribution in [1.29, 1.82) is 0 Å². The van der Waals surface area contributed by atoms with Gasteiger partial charge in [0.2, 0.25) is 0 Å². The van der Waals surface area contributed by atoms with E-state index in [4.69, 9.17) is 4.98 Å². The van der Waals surface area contributed by atoms with Gasteiger partial charge in [0.05, 0.1) is 11.0 Å². The number of nitrogens with zero attached hydrogens (tertiary/aromatic N) is 2. The Labute approximate surface area is 126 Å². The molecule has 2 aromatic carbocycles. The van der Waals surface area contributed by atoms with Crippen molar-refractivity contribution >= 4 is 27.0 Å². The van der Waals surface area contributed by atoms with E-state index in [9.17, 15) is 5.11 Å². The third-order valence-corrected chi connectivity index (χ3v) is 3.97. The molecule has 0 unspecified atom stereocenters. The second kappa shape index (κ2) is 4.94. The van der Waals surface area contributed by atoms with Crippen LogP contribution in [0.4, 0.5) is 0 Å².